The van der Waals surface area contributed by atoms with E-state index in [-0.39, 0.29) is 6.04 Å². The highest BCUT2D eigenvalue weighted by molar-refractivity contribution is 5.96. The van der Waals surface area contributed by atoms with Gasteiger partial charge in [-0.15, -0.1) is 0 Å². The summed E-state index contributed by atoms with van der Waals surface area (Å²) in [6.07, 6.45) is -2.31. The Morgan fingerprint density at radius 3 is 2.41 bits per heavy atom. The van der Waals surface area contributed by atoms with Crippen molar-refractivity contribution in [3.8, 4) is 0 Å². The van der Waals surface area contributed by atoms with Crippen LogP contribution in [0.2, 0.25) is 0 Å². The van der Waals surface area contributed by atoms with Gasteiger partial charge in [0.25, 0.3) is 0 Å². The third-order valence-electron chi connectivity index (χ3n) is 3.79. The fourth-order valence-electron chi connectivity index (χ4n) is 2.42. The van der Waals surface area contributed by atoms with Crippen LogP contribution in [0.25, 0.3) is 0 Å². The summed E-state index contributed by atoms with van der Waals surface area (Å²) in [6, 6.07) is 0.699. The number of amides is 1. The highest BCUT2D eigenvalue weighted by Gasteiger charge is 2.35. The number of aromatic nitrogens is 2. The molecule has 1 amide bonds. The van der Waals surface area contributed by atoms with Gasteiger partial charge in [-0.05, 0) is 25.8 Å². The first-order valence-corrected chi connectivity index (χ1v) is 6.84. The molecule has 1 unspecified atom stereocenters. The number of alkyl halides is 3. The minimum atomic E-state index is -4.47. The molecular formula is C13H16F3N3O3. The number of rotatable bonds is 3. The second kappa shape index (κ2) is 5.98. The zero-order valence-corrected chi connectivity index (χ0v) is 11.9. The number of hydrogen-bond donors (Lipinski definition) is 1. The lowest BCUT2D eigenvalue weighted by Crippen LogP contribution is -2.43. The van der Waals surface area contributed by atoms with E-state index >= 15 is 0 Å². The molecule has 0 spiro atoms. The summed E-state index contributed by atoms with van der Waals surface area (Å²) in [6.45, 7) is 1.94. The van der Waals surface area contributed by atoms with Gasteiger partial charge >= 0.3 is 12.1 Å². The van der Waals surface area contributed by atoms with Crippen LogP contribution in [0.15, 0.2) is 12.3 Å². The van der Waals surface area contributed by atoms with E-state index in [1.165, 1.54) is 22.7 Å². The van der Waals surface area contributed by atoms with E-state index in [1.807, 2.05) is 0 Å². The maximum absolute atomic E-state index is 12.5. The Kier molecular flexibility index (Phi) is 4.43. The first-order chi connectivity index (χ1) is 10.2. The molecule has 1 aliphatic rings. The third-order valence-corrected chi connectivity index (χ3v) is 3.79. The molecule has 0 saturated carbocycles. The Morgan fingerprint density at radius 2 is 1.95 bits per heavy atom. The van der Waals surface area contributed by atoms with E-state index in [0.717, 1.165) is 6.07 Å². The number of piperidine rings is 1. The first-order valence-electron chi connectivity index (χ1n) is 6.84. The largest absolute Gasteiger partial charge is 0.481 e. The van der Waals surface area contributed by atoms with Crippen molar-refractivity contribution in [3.05, 3.63) is 18.0 Å². The lowest BCUT2D eigenvalue weighted by atomic mass is 10.0. The van der Waals surface area contributed by atoms with E-state index in [2.05, 4.69) is 5.10 Å². The summed E-state index contributed by atoms with van der Waals surface area (Å²) in [5.41, 5.74) is -0.939. The van der Waals surface area contributed by atoms with Crippen molar-refractivity contribution >= 4 is 11.9 Å². The molecule has 0 aromatic carbocycles. The number of hydrogen-bond acceptors (Lipinski definition) is 3. The highest BCUT2D eigenvalue weighted by atomic mass is 19.4. The first kappa shape index (κ1) is 16.3. The Labute approximate surface area is 124 Å². The summed E-state index contributed by atoms with van der Waals surface area (Å²) in [7, 11) is 0. The Balaban J connectivity index is 1.96. The van der Waals surface area contributed by atoms with Gasteiger partial charge in [0.15, 0.2) is 5.69 Å². The smallest absolute Gasteiger partial charge is 0.435 e. The van der Waals surface area contributed by atoms with Crippen molar-refractivity contribution in [2.24, 2.45) is 5.92 Å². The second-order valence-corrected chi connectivity index (χ2v) is 5.30. The zero-order valence-electron chi connectivity index (χ0n) is 11.9. The van der Waals surface area contributed by atoms with Crippen LogP contribution < -0.4 is 0 Å². The Morgan fingerprint density at radius 1 is 1.36 bits per heavy atom. The molecule has 122 valence electrons. The fourth-order valence-corrected chi connectivity index (χ4v) is 2.42. The molecule has 2 rings (SSSR count). The van der Waals surface area contributed by atoms with Gasteiger partial charge in [0.05, 0.1) is 6.04 Å². The van der Waals surface area contributed by atoms with Gasteiger partial charge in [-0.2, -0.15) is 18.3 Å². The van der Waals surface area contributed by atoms with E-state index in [4.69, 9.17) is 5.11 Å². The molecule has 0 radical (unpaired) electrons. The average Bonchev–Trinajstić information content (AvgIpc) is 2.95. The number of halogens is 3. The molecule has 0 aliphatic carbocycles. The van der Waals surface area contributed by atoms with Gasteiger partial charge in [-0.3, -0.25) is 14.3 Å². The summed E-state index contributed by atoms with van der Waals surface area (Å²) >= 11 is 0. The monoisotopic (exact) mass is 319 g/mol. The molecule has 22 heavy (non-hydrogen) atoms. The molecule has 2 heterocycles. The zero-order chi connectivity index (χ0) is 16.5. The molecule has 1 saturated heterocycles. The van der Waals surface area contributed by atoms with Crippen molar-refractivity contribution in [3.63, 3.8) is 0 Å². The van der Waals surface area contributed by atoms with Gasteiger partial charge in [0, 0.05) is 19.3 Å². The molecule has 6 nitrogen and oxygen atoms in total. The van der Waals surface area contributed by atoms with Crippen LogP contribution in [0.5, 0.6) is 0 Å². The van der Waals surface area contributed by atoms with Crippen molar-refractivity contribution in [1.29, 1.82) is 0 Å². The predicted molar refractivity (Wildman–Crippen MR) is 68.9 cm³/mol. The molecule has 1 atom stereocenters. The number of carboxylic acids is 1. The van der Waals surface area contributed by atoms with Crippen LogP contribution in [0.3, 0.4) is 0 Å². The van der Waals surface area contributed by atoms with Crippen LogP contribution in [0, 0.1) is 5.92 Å². The molecule has 1 fully saturated rings. The van der Waals surface area contributed by atoms with Gasteiger partial charge in [0.2, 0.25) is 5.91 Å². The van der Waals surface area contributed by atoms with Crippen molar-refractivity contribution in [2.45, 2.75) is 32.0 Å². The standard InChI is InChI=1S/C13H16F3N3O3/c1-8(12(21)22)11(20)18-5-2-9(3-6-18)19-7-4-10(17-19)13(14,15)16/h4,7-9H,2-3,5-6H2,1H3,(H,21,22). The normalized spacial score (nSPS) is 18.3. The maximum Gasteiger partial charge on any atom is 0.435 e. The van der Waals surface area contributed by atoms with Crippen molar-refractivity contribution in [2.75, 3.05) is 13.1 Å². The van der Waals surface area contributed by atoms with E-state index in [1.54, 1.807) is 0 Å². The lowest BCUT2D eigenvalue weighted by molar-refractivity contribution is -0.150. The summed E-state index contributed by atoms with van der Waals surface area (Å²) < 4.78 is 38.8. The molecule has 1 aromatic rings. The van der Waals surface area contributed by atoms with Gasteiger partial charge in [0.1, 0.15) is 5.92 Å². The number of carboxylic acid groups (broad SMARTS) is 1. The summed E-state index contributed by atoms with van der Waals surface area (Å²) in [5.74, 6) is -2.77. The van der Waals surface area contributed by atoms with Gasteiger partial charge in [-0.25, -0.2) is 0 Å². The Hall–Kier alpha value is -2.06. The van der Waals surface area contributed by atoms with Crippen LogP contribution in [0.1, 0.15) is 31.5 Å². The fraction of sp³-hybridized carbons (Fsp3) is 0.615. The van der Waals surface area contributed by atoms with E-state index in [0.29, 0.717) is 25.9 Å². The molecule has 9 heteroatoms. The molecular weight excluding hydrogens is 303 g/mol. The SMILES string of the molecule is CC(C(=O)O)C(=O)N1CCC(n2ccc(C(F)(F)F)n2)CC1. The summed E-state index contributed by atoms with van der Waals surface area (Å²) in [5, 5.41) is 12.4. The minimum absolute atomic E-state index is 0.222. The average molecular weight is 319 g/mol. The number of likely N-dealkylation sites (tertiary alicyclic amines) is 1. The van der Waals surface area contributed by atoms with Crippen molar-refractivity contribution < 1.29 is 27.9 Å². The van der Waals surface area contributed by atoms with Crippen LogP contribution in [-0.2, 0) is 15.8 Å². The molecule has 1 N–H and O–H groups in total. The van der Waals surface area contributed by atoms with E-state index < -0.39 is 29.7 Å². The second-order valence-electron chi connectivity index (χ2n) is 5.30. The number of carbonyl (C=O) groups excluding carboxylic acids is 1. The molecule has 1 aromatic heterocycles. The quantitative estimate of drug-likeness (QED) is 0.862. The number of nitrogens with zero attached hydrogens (tertiary/aromatic N) is 3. The Bertz CT molecular complexity index is 562. The minimum Gasteiger partial charge on any atom is -0.481 e. The number of aliphatic carboxylic acids is 1. The van der Waals surface area contributed by atoms with Crippen LogP contribution in [0.4, 0.5) is 13.2 Å². The van der Waals surface area contributed by atoms with Crippen LogP contribution >= 0.6 is 0 Å². The van der Waals surface area contributed by atoms with Crippen LogP contribution in [-0.4, -0.2) is 44.8 Å². The molecule has 0 bridgehead atoms. The van der Waals surface area contributed by atoms with Gasteiger partial charge < -0.3 is 10.0 Å². The maximum atomic E-state index is 12.5. The van der Waals surface area contributed by atoms with Crippen molar-refractivity contribution in [1.82, 2.24) is 14.7 Å². The van der Waals surface area contributed by atoms with Gasteiger partial charge in [-0.1, -0.05) is 0 Å². The lowest BCUT2D eigenvalue weighted by Gasteiger charge is -2.33. The number of carbonyl (C=O) groups is 2. The third kappa shape index (κ3) is 3.40. The highest BCUT2D eigenvalue weighted by Crippen LogP contribution is 2.29. The molecule has 1 aliphatic heterocycles. The predicted octanol–water partition coefficient (Wildman–Crippen LogP) is 1.79. The summed E-state index contributed by atoms with van der Waals surface area (Å²) in [4.78, 5) is 24.1. The topological polar surface area (TPSA) is 75.4 Å². The van der Waals surface area contributed by atoms with E-state index in [9.17, 15) is 22.8 Å².